The van der Waals surface area contributed by atoms with Crippen LogP contribution in [0.4, 0.5) is 0 Å². The van der Waals surface area contributed by atoms with Crippen molar-refractivity contribution < 1.29 is 14.3 Å². The smallest absolute Gasteiger partial charge is 0.311 e. The van der Waals surface area contributed by atoms with Gasteiger partial charge in [0.15, 0.2) is 0 Å². The zero-order chi connectivity index (χ0) is 22.9. The molecular formula is C28H39NO3. The highest BCUT2D eigenvalue weighted by molar-refractivity contribution is 5.88. The number of benzene rings is 2. The number of ether oxygens (including phenoxy) is 2. The minimum Gasteiger partial charge on any atom is -0.490 e. The second kappa shape index (κ2) is 9.43. The Morgan fingerprint density at radius 2 is 1.78 bits per heavy atom. The highest BCUT2D eigenvalue weighted by Crippen LogP contribution is 2.39. The van der Waals surface area contributed by atoms with Gasteiger partial charge in [0.25, 0.3) is 0 Å². The maximum atomic E-state index is 11.8. The fourth-order valence-electron chi connectivity index (χ4n) is 5.33. The van der Waals surface area contributed by atoms with Crippen molar-refractivity contribution in [3.8, 4) is 5.75 Å². The molecule has 0 spiro atoms. The van der Waals surface area contributed by atoms with Crippen molar-refractivity contribution in [2.24, 2.45) is 17.3 Å². The molecule has 0 amide bonds. The molecule has 2 aliphatic rings. The summed E-state index contributed by atoms with van der Waals surface area (Å²) in [6, 6.07) is 11.1. The lowest BCUT2D eigenvalue weighted by Gasteiger charge is -2.37. The molecule has 4 nitrogen and oxygen atoms in total. The van der Waals surface area contributed by atoms with Crippen LogP contribution in [0.15, 0.2) is 30.3 Å². The molecule has 0 unspecified atom stereocenters. The van der Waals surface area contributed by atoms with Crippen LogP contribution in [0, 0.1) is 24.2 Å². The molecule has 4 heteroatoms. The molecule has 0 N–H and O–H groups in total. The van der Waals surface area contributed by atoms with Crippen LogP contribution in [0.3, 0.4) is 0 Å². The van der Waals surface area contributed by atoms with Crippen molar-refractivity contribution in [3.05, 3.63) is 41.5 Å². The SMILES string of the molecule is CCOC(=O)C1CN(Cc2ccc3c(C)c(OC4CCC(C(C)(C)C)CC4)ccc3c2)C1. The minimum atomic E-state index is -0.0580. The van der Waals surface area contributed by atoms with Crippen molar-refractivity contribution in [2.75, 3.05) is 19.7 Å². The Bertz CT molecular complexity index is 947. The lowest BCUT2D eigenvalue weighted by Crippen LogP contribution is -2.50. The van der Waals surface area contributed by atoms with E-state index in [-0.39, 0.29) is 11.9 Å². The molecule has 0 atom stereocenters. The first kappa shape index (κ1) is 23.1. The maximum absolute atomic E-state index is 11.8. The summed E-state index contributed by atoms with van der Waals surface area (Å²) in [4.78, 5) is 14.1. The largest absolute Gasteiger partial charge is 0.490 e. The number of hydrogen-bond donors (Lipinski definition) is 0. The first-order valence-corrected chi connectivity index (χ1v) is 12.3. The van der Waals surface area contributed by atoms with Gasteiger partial charge in [0.1, 0.15) is 5.75 Å². The number of carbonyl (C=O) groups excluding carboxylic acids is 1. The number of fused-ring (bicyclic) bond motifs is 1. The Morgan fingerprint density at radius 1 is 1.06 bits per heavy atom. The van der Waals surface area contributed by atoms with Crippen molar-refractivity contribution in [1.82, 2.24) is 4.90 Å². The second-order valence-electron chi connectivity index (χ2n) is 10.8. The highest BCUT2D eigenvalue weighted by atomic mass is 16.5. The van der Waals surface area contributed by atoms with Crippen LogP contribution in [0.1, 0.15) is 64.5 Å². The van der Waals surface area contributed by atoms with Gasteiger partial charge in [-0.2, -0.15) is 0 Å². The Balaban J connectivity index is 1.36. The van der Waals surface area contributed by atoms with Crippen LogP contribution < -0.4 is 4.74 Å². The zero-order valence-corrected chi connectivity index (χ0v) is 20.4. The van der Waals surface area contributed by atoms with Crippen LogP contribution in [0.2, 0.25) is 0 Å². The number of aryl methyl sites for hydroxylation is 1. The summed E-state index contributed by atoms with van der Waals surface area (Å²) in [5.74, 6) is 1.81. The fraction of sp³-hybridized carbons (Fsp3) is 0.607. The summed E-state index contributed by atoms with van der Waals surface area (Å²) in [5.41, 5.74) is 2.92. The third-order valence-electron chi connectivity index (χ3n) is 7.48. The molecule has 32 heavy (non-hydrogen) atoms. The van der Waals surface area contributed by atoms with E-state index < -0.39 is 0 Å². The first-order chi connectivity index (χ1) is 15.2. The van der Waals surface area contributed by atoms with Crippen molar-refractivity contribution >= 4 is 16.7 Å². The predicted octanol–water partition coefficient (Wildman–Crippen LogP) is 6.13. The number of nitrogens with zero attached hydrogens (tertiary/aromatic N) is 1. The summed E-state index contributed by atoms with van der Waals surface area (Å²) in [5, 5.41) is 2.52. The summed E-state index contributed by atoms with van der Waals surface area (Å²) in [7, 11) is 0. The van der Waals surface area contributed by atoms with Crippen molar-refractivity contribution in [3.63, 3.8) is 0 Å². The van der Waals surface area contributed by atoms with E-state index in [1.807, 2.05) is 6.92 Å². The maximum Gasteiger partial charge on any atom is 0.311 e. The normalized spacial score (nSPS) is 22.5. The molecule has 1 saturated carbocycles. The van der Waals surface area contributed by atoms with E-state index in [0.717, 1.165) is 44.1 Å². The van der Waals surface area contributed by atoms with Gasteiger partial charge in [-0.15, -0.1) is 0 Å². The van der Waals surface area contributed by atoms with E-state index in [9.17, 15) is 4.79 Å². The Kier molecular flexibility index (Phi) is 6.80. The van der Waals surface area contributed by atoms with Gasteiger partial charge in [0, 0.05) is 19.6 Å². The summed E-state index contributed by atoms with van der Waals surface area (Å²) >= 11 is 0. The standard InChI is InChI=1S/C28H39NO3/c1-6-31-27(30)22-17-29(18-22)16-20-7-13-25-19(2)26(14-8-21(25)15-20)32-24-11-9-23(10-12-24)28(3,4)5/h7-8,13-15,22-24H,6,9-12,16-18H2,1-5H3. The quantitative estimate of drug-likeness (QED) is 0.510. The van der Waals surface area contributed by atoms with Gasteiger partial charge in [-0.05, 0) is 84.9 Å². The van der Waals surface area contributed by atoms with E-state index in [2.05, 4.69) is 62.9 Å². The number of rotatable bonds is 6. The van der Waals surface area contributed by atoms with Gasteiger partial charge in [-0.3, -0.25) is 9.69 Å². The molecule has 174 valence electrons. The molecule has 2 aromatic rings. The molecule has 2 fully saturated rings. The first-order valence-electron chi connectivity index (χ1n) is 12.3. The fourth-order valence-corrected chi connectivity index (χ4v) is 5.33. The number of likely N-dealkylation sites (tertiary alicyclic amines) is 1. The second-order valence-corrected chi connectivity index (χ2v) is 10.8. The molecule has 4 rings (SSSR count). The number of hydrogen-bond acceptors (Lipinski definition) is 4. The van der Waals surface area contributed by atoms with E-state index in [4.69, 9.17) is 9.47 Å². The molecular weight excluding hydrogens is 398 g/mol. The third-order valence-corrected chi connectivity index (χ3v) is 7.48. The molecule has 0 radical (unpaired) electrons. The van der Waals surface area contributed by atoms with Crippen molar-refractivity contribution in [1.29, 1.82) is 0 Å². The van der Waals surface area contributed by atoms with Crippen LogP contribution in [0.5, 0.6) is 5.75 Å². The van der Waals surface area contributed by atoms with Crippen LogP contribution in [0.25, 0.3) is 10.8 Å². The summed E-state index contributed by atoms with van der Waals surface area (Å²) in [6.45, 7) is 14.0. The average molecular weight is 438 g/mol. The van der Waals surface area contributed by atoms with Gasteiger partial charge < -0.3 is 9.47 Å². The summed E-state index contributed by atoms with van der Waals surface area (Å²) < 4.78 is 11.6. The topological polar surface area (TPSA) is 38.8 Å². The van der Waals surface area contributed by atoms with Gasteiger partial charge >= 0.3 is 5.97 Å². The molecule has 2 aromatic carbocycles. The van der Waals surface area contributed by atoms with Crippen LogP contribution in [-0.2, 0) is 16.1 Å². The summed E-state index contributed by atoms with van der Waals surface area (Å²) in [6.07, 6.45) is 5.17. The Morgan fingerprint density at radius 3 is 2.44 bits per heavy atom. The Hall–Kier alpha value is -2.07. The molecule has 1 heterocycles. The highest BCUT2D eigenvalue weighted by Gasteiger charge is 2.33. The van der Waals surface area contributed by atoms with Gasteiger partial charge in [-0.25, -0.2) is 0 Å². The third kappa shape index (κ3) is 5.11. The molecule has 0 bridgehead atoms. The van der Waals surface area contributed by atoms with Gasteiger partial charge in [0.2, 0.25) is 0 Å². The van der Waals surface area contributed by atoms with E-state index in [1.54, 1.807) is 0 Å². The molecule has 1 aliphatic heterocycles. The Labute approximate surface area is 193 Å². The average Bonchev–Trinajstić information content (AvgIpc) is 2.72. The van der Waals surface area contributed by atoms with Crippen molar-refractivity contribution in [2.45, 2.75) is 73.0 Å². The lowest BCUT2D eigenvalue weighted by molar-refractivity contribution is -0.154. The molecule has 1 aliphatic carbocycles. The number of esters is 1. The van der Waals surface area contributed by atoms with E-state index in [0.29, 0.717) is 18.1 Å². The van der Waals surface area contributed by atoms with Gasteiger partial charge in [-0.1, -0.05) is 39.0 Å². The monoisotopic (exact) mass is 437 g/mol. The predicted molar refractivity (Wildman–Crippen MR) is 130 cm³/mol. The molecule has 1 saturated heterocycles. The molecule has 0 aromatic heterocycles. The minimum absolute atomic E-state index is 0.0378. The van der Waals surface area contributed by atoms with Gasteiger partial charge in [0.05, 0.1) is 18.6 Å². The van der Waals surface area contributed by atoms with Crippen LogP contribution >= 0.6 is 0 Å². The number of carbonyl (C=O) groups is 1. The van der Waals surface area contributed by atoms with Crippen LogP contribution in [-0.4, -0.2) is 36.7 Å². The lowest BCUT2D eigenvalue weighted by atomic mass is 9.72. The zero-order valence-electron chi connectivity index (χ0n) is 20.4. The van der Waals surface area contributed by atoms with E-state index >= 15 is 0 Å². The van der Waals surface area contributed by atoms with E-state index in [1.165, 1.54) is 34.7 Å².